The Hall–Kier alpha value is -0.160. The number of hydrazine groups is 1. The van der Waals surface area contributed by atoms with Crippen molar-refractivity contribution in [1.29, 1.82) is 0 Å². The van der Waals surface area contributed by atoms with E-state index in [-0.39, 0.29) is 0 Å². The molecule has 0 unspecified atom stereocenters. The van der Waals surface area contributed by atoms with Crippen LogP contribution < -0.4 is 5.84 Å². The predicted molar refractivity (Wildman–Crippen MR) is 73.8 cm³/mol. The quantitative estimate of drug-likeness (QED) is 0.728. The number of piperazine rings is 1. The molecule has 2 N–H and O–H groups in total. The number of nitrogens with two attached hydrogens (primary N) is 1. The number of likely N-dealkylation sites (N-methyl/N-ethyl adjacent to an activating group) is 1. The zero-order chi connectivity index (χ0) is 12.7. The molecule has 0 atom stereocenters. The molecule has 0 saturated carbocycles. The Morgan fingerprint density at radius 1 is 0.941 bits per heavy atom. The summed E-state index contributed by atoms with van der Waals surface area (Å²) in [7, 11) is 2.21. The van der Waals surface area contributed by atoms with E-state index in [0.717, 1.165) is 19.0 Å². The van der Waals surface area contributed by atoms with Crippen molar-refractivity contribution in [3.8, 4) is 0 Å². The SMILES string of the molecule is CC.CN1CCN(CC2CCN(N)CC2)CC1. The third kappa shape index (κ3) is 5.34. The minimum Gasteiger partial charge on any atom is -0.304 e. The lowest BCUT2D eigenvalue weighted by atomic mass is 9.97. The third-order valence-electron chi connectivity index (χ3n) is 3.76. The second kappa shape index (κ2) is 8.03. The van der Waals surface area contributed by atoms with Crippen molar-refractivity contribution in [3.63, 3.8) is 0 Å². The van der Waals surface area contributed by atoms with E-state index in [1.165, 1.54) is 45.6 Å². The molecule has 2 heterocycles. The Balaban J connectivity index is 0.000000686. The lowest BCUT2D eigenvalue weighted by Crippen LogP contribution is -2.48. The summed E-state index contributed by atoms with van der Waals surface area (Å²) in [6.45, 7) is 12.4. The lowest BCUT2D eigenvalue weighted by molar-refractivity contribution is 0.106. The summed E-state index contributed by atoms with van der Waals surface area (Å²) in [5.74, 6) is 6.64. The van der Waals surface area contributed by atoms with Crippen LogP contribution in [0.15, 0.2) is 0 Å². The summed E-state index contributed by atoms with van der Waals surface area (Å²) < 4.78 is 0. The van der Waals surface area contributed by atoms with E-state index in [0.29, 0.717) is 0 Å². The van der Waals surface area contributed by atoms with Crippen LogP contribution in [-0.2, 0) is 0 Å². The van der Waals surface area contributed by atoms with Crippen molar-refractivity contribution in [2.45, 2.75) is 26.7 Å². The van der Waals surface area contributed by atoms with Gasteiger partial charge in [0.15, 0.2) is 0 Å². The Morgan fingerprint density at radius 3 is 2.00 bits per heavy atom. The molecule has 2 aliphatic rings. The number of rotatable bonds is 2. The molecule has 4 heteroatoms. The normalized spacial score (nSPS) is 25.4. The third-order valence-corrected chi connectivity index (χ3v) is 3.76. The van der Waals surface area contributed by atoms with Crippen molar-refractivity contribution in [1.82, 2.24) is 14.8 Å². The van der Waals surface area contributed by atoms with Gasteiger partial charge in [0, 0.05) is 45.8 Å². The van der Waals surface area contributed by atoms with E-state index in [9.17, 15) is 0 Å². The van der Waals surface area contributed by atoms with E-state index in [4.69, 9.17) is 5.84 Å². The topological polar surface area (TPSA) is 35.7 Å². The zero-order valence-electron chi connectivity index (χ0n) is 11.9. The standard InChI is InChI=1S/C11H24N4.C2H6/c1-13-6-8-14(9-7-13)10-11-2-4-15(12)5-3-11;1-2/h11H,2-10,12H2,1H3;1-2H3. The molecule has 0 aromatic heterocycles. The highest BCUT2D eigenvalue weighted by Crippen LogP contribution is 2.17. The van der Waals surface area contributed by atoms with Crippen LogP contribution in [0, 0.1) is 5.92 Å². The average Bonchev–Trinajstić information content (AvgIpc) is 2.37. The molecule has 0 aromatic carbocycles. The van der Waals surface area contributed by atoms with Crippen molar-refractivity contribution >= 4 is 0 Å². The molecule has 0 radical (unpaired) electrons. The Labute approximate surface area is 107 Å². The summed E-state index contributed by atoms with van der Waals surface area (Å²) in [4.78, 5) is 5.04. The van der Waals surface area contributed by atoms with Crippen molar-refractivity contribution in [2.24, 2.45) is 11.8 Å². The maximum Gasteiger partial charge on any atom is 0.0131 e. The molecular weight excluding hydrogens is 212 g/mol. The van der Waals surface area contributed by atoms with Crippen LogP contribution in [0.1, 0.15) is 26.7 Å². The van der Waals surface area contributed by atoms with Gasteiger partial charge in [-0.15, -0.1) is 0 Å². The minimum absolute atomic E-state index is 0.883. The highest BCUT2D eigenvalue weighted by atomic mass is 15.4. The summed E-state index contributed by atoms with van der Waals surface area (Å²) in [6.07, 6.45) is 2.56. The van der Waals surface area contributed by atoms with Crippen LogP contribution in [0.2, 0.25) is 0 Å². The second-order valence-corrected chi connectivity index (χ2v) is 5.08. The molecule has 2 fully saturated rings. The molecule has 0 bridgehead atoms. The van der Waals surface area contributed by atoms with Gasteiger partial charge in [0.2, 0.25) is 0 Å². The van der Waals surface area contributed by atoms with Crippen molar-refractivity contribution < 1.29 is 0 Å². The van der Waals surface area contributed by atoms with Gasteiger partial charge in [-0.1, -0.05) is 13.8 Å². The molecule has 0 aromatic rings. The smallest absolute Gasteiger partial charge is 0.0131 e. The molecule has 102 valence electrons. The number of piperidine rings is 1. The van der Waals surface area contributed by atoms with Crippen LogP contribution in [0.4, 0.5) is 0 Å². The molecule has 0 spiro atoms. The monoisotopic (exact) mass is 242 g/mol. The Kier molecular flexibility index (Phi) is 7.04. The van der Waals surface area contributed by atoms with Gasteiger partial charge < -0.3 is 9.80 Å². The first-order valence-electron chi connectivity index (χ1n) is 7.14. The maximum absolute atomic E-state index is 5.76. The fourth-order valence-electron chi connectivity index (χ4n) is 2.53. The highest BCUT2D eigenvalue weighted by Gasteiger charge is 2.21. The molecule has 2 rings (SSSR count). The van der Waals surface area contributed by atoms with E-state index < -0.39 is 0 Å². The van der Waals surface area contributed by atoms with Crippen LogP contribution >= 0.6 is 0 Å². The minimum atomic E-state index is 0.883. The summed E-state index contributed by atoms with van der Waals surface area (Å²) >= 11 is 0. The van der Waals surface area contributed by atoms with Crippen LogP contribution in [0.5, 0.6) is 0 Å². The predicted octanol–water partition coefficient (Wildman–Crippen LogP) is 0.846. The van der Waals surface area contributed by atoms with Gasteiger partial charge in [0.05, 0.1) is 0 Å². The van der Waals surface area contributed by atoms with Gasteiger partial charge in [0.25, 0.3) is 0 Å². The van der Waals surface area contributed by atoms with Crippen LogP contribution in [0.25, 0.3) is 0 Å². The van der Waals surface area contributed by atoms with Gasteiger partial charge >= 0.3 is 0 Å². The van der Waals surface area contributed by atoms with Gasteiger partial charge in [-0.05, 0) is 25.8 Å². The Morgan fingerprint density at radius 2 is 1.47 bits per heavy atom. The fourth-order valence-corrected chi connectivity index (χ4v) is 2.53. The van der Waals surface area contributed by atoms with E-state index >= 15 is 0 Å². The second-order valence-electron chi connectivity index (χ2n) is 5.08. The number of hydrogen-bond acceptors (Lipinski definition) is 4. The van der Waals surface area contributed by atoms with Crippen molar-refractivity contribution in [2.75, 3.05) is 52.9 Å². The van der Waals surface area contributed by atoms with Crippen molar-refractivity contribution in [3.05, 3.63) is 0 Å². The molecule has 2 saturated heterocycles. The first-order chi connectivity index (χ1) is 8.24. The van der Waals surface area contributed by atoms with E-state index in [1.54, 1.807) is 0 Å². The molecular formula is C13H30N4. The zero-order valence-corrected chi connectivity index (χ0v) is 11.9. The van der Waals surface area contributed by atoms with E-state index in [2.05, 4.69) is 16.8 Å². The number of hydrogen-bond donors (Lipinski definition) is 1. The summed E-state index contributed by atoms with van der Waals surface area (Å²) in [6, 6.07) is 0. The largest absolute Gasteiger partial charge is 0.304 e. The van der Waals surface area contributed by atoms with Crippen LogP contribution in [-0.4, -0.2) is 67.7 Å². The maximum atomic E-state index is 5.76. The molecule has 0 aliphatic carbocycles. The van der Waals surface area contributed by atoms with Gasteiger partial charge in [-0.25, -0.2) is 5.01 Å². The molecule has 0 amide bonds. The highest BCUT2D eigenvalue weighted by molar-refractivity contribution is 4.76. The average molecular weight is 242 g/mol. The first kappa shape index (κ1) is 14.9. The molecule has 4 nitrogen and oxygen atoms in total. The fraction of sp³-hybridized carbons (Fsp3) is 1.00. The Bertz CT molecular complexity index is 162. The van der Waals surface area contributed by atoms with Gasteiger partial charge in [0.1, 0.15) is 0 Å². The molecule has 2 aliphatic heterocycles. The molecule has 17 heavy (non-hydrogen) atoms. The van der Waals surface area contributed by atoms with Gasteiger partial charge in [-0.3, -0.25) is 5.84 Å². The number of nitrogens with zero attached hydrogens (tertiary/aromatic N) is 3. The summed E-state index contributed by atoms with van der Waals surface area (Å²) in [5, 5.41) is 1.96. The first-order valence-corrected chi connectivity index (χ1v) is 7.14. The van der Waals surface area contributed by atoms with E-state index in [1.807, 2.05) is 18.9 Å². The van der Waals surface area contributed by atoms with Gasteiger partial charge in [-0.2, -0.15) is 0 Å². The lowest BCUT2D eigenvalue weighted by Gasteiger charge is -2.36. The summed E-state index contributed by atoms with van der Waals surface area (Å²) in [5.41, 5.74) is 0. The van der Waals surface area contributed by atoms with Crippen LogP contribution in [0.3, 0.4) is 0 Å².